The highest BCUT2D eigenvalue weighted by Gasteiger charge is 2.39. The van der Waals surface area contributed by atoms with Crippen molar-refractivity contribution >= 4 is 40.3 Å². The van der Waals surface area contributed by atoms with Gasteiger partial charge in [0, 0.05) is 35.8 Å². The van der Waals surface area contributed by atoms with Crippen molar-refractivity contribution in [1.82, 2.24) is 20.2 Å². The number of fused-ring (bicyclic) bond motifs is 2. The molecule has 4 amide bonds. The first-order valence-electron chi connectivity index (χ1n) is 11.9. The van der Waals surface area contributed by atoms with Gasteiger partial charge in [-0.25, -0.2) is 4.98 Å². The second-order valence-electron chi connectivity index (χ2n) is 9.38. The number of hydrogen-bond acceptors (Lipinski definition) is 5. The summed E-state index contributed by atoms with van der Waals surface area (Å²) in [6, 6.07) is 6.53. The average molecular weight is 474 g/mol. The van der Waals surface area contributed by atoms with Gasteiger partial charge in [0.15, 0.2) is 0 Å². The molecule has 0 saturated carbocycles. The van der Waals surface area contributed by atoms with Gasteiger partial charge in [0.25, 0.3) is 11.8 Å². The minimum atomic E-state index is -0.674. The Labute approximate surface area is 202 Å². The standard InChI is InChI=1S/C26H27N5O4/c1-4-17-19-10-14(13(2)3)11-27-23(19)30-22(17)25(34)28-16-5-6-18-15(9-16)12-31(26(18)35)20-7-8-21(32)29-24(20)33/h5-6,9-11,13,20H,4,7-8,12H2,1-3H3,(H,27,30)(H,28,34)(H,29,32,33). The Morgan fingerprint density at radius 2 is 2.03 bits per heavy atom. The van der Waals surface area contributed by atoms with E-state index < -0.39 is 11.9 Å². The van der Waals surface area contributed by atoms with Gasteiger partial charge in [-0.2, -0.15) is 0 Å². The number of imide groups is 1. The van der Waals surface area contributed by atoms with Crippen LogP contribution in [0.15, 0.2) is 30.5 Å². The molecule has 9 heteroatoms. The topological polar surface area (TPSA) is 124 Å². The van der Waals surface area contributed by atoms with Gasteiger partial charge in [0.1, 0.15) is 17.4 Å². The highest BCUT2D eigenvalue weighted by molar-refractivity contribution is 6.09. The van der Waals surface area contributed by atoms with Crippen LogP contribution in [-0.2, 0) is 22.6 Å². The lowest BCUT2D eigenvalue weighted by atomic mass is 10.0. The molecular weight excluding hydrogens is 446 g/mol. The summed E-state index contributed by atoms with van der Waals surface area (Å²) in [7, 11) is 0. The first kappa shape index (κ1) is 22.8. The molecule has 1 aromatic carbocycles. The van der Waals surface area contributed by atoms with Gasteiger partial charge >= 0.3 is 0 Å². The zero-order chi connectivity index (χ0) is 24.9. The maximum atomic E-state index is 13.2. The minimum absolute atomic E-state index is 0.204. The van der Waals surface area contributed by atoms with Crippen LogP contribution in [0.25, 0.3) is 11.0 Å². The highest BCUT2D eigenvalue weighted by Crippen LogP contribution is 2.30. The molecule has 1 saturated heterocycles. The maximum absolute atomic E-state index is 13.2. The number of rotatable bonds is 5. The van der Waals surface area contributed by atoms with Crippen molar-refractivity contribution in [3.8, 4) is 0 Å². The van der Waals surface area contributed by atoms with E-state index in [9.17, 15) is 19.2 Å². The molecule has 35 heavy (non-hydrogen) atoms. The fourth-order valence-electron chi connectivity index (χ4n) is 4.86. The van der Waals surface area contributed by atoms with Gasteiger partial charge in [-0.1, -0.05) is 20.8 Å². The number of pyridine rings is 1. The van der Waals surface area contributed by atoms with E-state index in [0.29, 0.717) is 41.4 Å². The molecule has 2 aliphatic heterocycles. The molecular formula is C26H27N5O4. The highest BCUT2D eigenvalue weighted by atomic mass is 16.2. The number of amides is 4. The second kappa shape index (κ2) is 8.65. The Morgan fingerprint density at radius 1 is 1.23 bits per heavy atom. The van der Waals surface area contributed by atoms with E-state index in [0.717, 1.165) is 22.1 Å². The Hall–Kier alpha value is -4.01. The SMILES string of the molecule is CCc1c(C(=O)Nc2ccc3c(c2)CN(C2CCC(=O)NC2=O)C3=O)[nH]c2ncc(C(C)C)cc12. The summed E-state index contributed by atoms with van der Waals surface area (Å²) in [5, 5.41) is 6.18. The summed E-state index contributed by atoms with van der Waals surface area (Å²) in [4.78, 5) is 59.0. The number of anilines is 1. The smallest absolute Gasteiger partial charge is 0.272 e. The number of aryl methyl sites for hydroxylation is 1. The van der Waals surface area contributed by atoms with Crippen molar-refractivity contribution in [2.24, 2.45) is 0 Å². The van der Waals surface area contributed by atoms with E-state index >= 15 is 0 Å². The zero-order valence-corrected chi connectivity index (χ0v) is 19.9. The molecule has 2 aliphatic rings. The number of carbonyl (C=O) groups is 4. The van der Waals surface area contributed by atoms with E-state index in [1.54, 1.807) is 18.2 Å². The van der Waals surface area contributed by atoms with Gasteiger partial charge in [-0.05, 0) is 59.7 Å². The Bertz CT molecular complexity index is 1390. The third-order valence-electron chi connectivity index (χ3n) is 6.81. The van der Waals surface area contributed by atoms with Crippen molar-refractivity contribution in [1.29, 1.82) is 0 Å². The molecule has 3 aromatic rings. The van der Waals surface area contributed by atoms with E-state index in [1.807, 2.05) is 13.1 Å². The summed E-state index contributed by atoms with van der Waals surface area (Å²) in [5.74, 6) is -0.964. The lowest BCUT2D eigenvalue weighted by molar-refractivity contribution is -0.136. The molecule has 180 valence electrons. The van der Waals surface area contributed by atoms with Gasteiger partial charge in [0.2, 0.25) is 11.8 Å². The fraction of sp³-hybridized carbons (Fsp3) is 0.346. The van der Waals surface area contributed by atoms with Crippen LogP contribution in [0.3, 0.4) is 0 Å². The van der Waals surface area contributed by atoms with Gasteiger partial charge in [-0.15, -0.1) is 0 Å². The first-order chi connectivity index (χ1) is 16.8. The third-order valence-corrected chi connectivity index (χ3v) is 6.81. The summed E-state index contributed by atoms with van der Waals surface area (Å²) in [6.45, 7) is 6.47. The second-order valence-corrected chi connectivity index (χ2v) is 9.38. The van der Waals surface area contributed by atoms with E-state index in [2.05, 4.69) is 40.5 Å². The number of aromatic amines is 1. The van der Waals surface area contributed by atoms with E-state index in [4.69, 9.17) is 0 Å². The molecule has 0 bridgehead atoms. The maximum Gasteiger partial charge on any atom is 0.272 e. The number of hydrogen-bond donors (Lipinski definition) is 3. The van der Waals surface area contributed by atoms with Gasteiger partial charge < -0.3 is 15.2 Å². The summed E-state index contributed by atoms with van der Waals surface area (Å²) in [6.07, 6.45) is 3.01. The summed E-state index contributed by atoms with van der Waals surface area (Å²) >= 11 is 0. The minimum Gasteiger partial charge on any atom is -0.335 e. The molecule has 1 atom stereocenters. The number of nitrogens with zero attached hydrogens (tertiary/aromatic N) is 2. The number of H-pyrrole nitrogens is 1. The van der Waals surface area contributed by atoms with Gasteiger partial charge in [-0.3, -0.25) is 24.5 Å². The molecule has 3 N–H and O–H groups in total. The number of nitrogens with one attached hydrogen (secondary N) is 3. The molecule has 5 rings (SSSR count). The van der Waals surface area contributed by atoms with Crippen LogP contribution in [-0.4, -0.2) is 44.5 Å². The summed E-state index contributed by atoms with van der Waals surface area (Å²) in [5.41, 5.74) is 4.96. The van der Waals surface area contributed by atoms with E-state index in [1.165, 1.54) is 4.90 Å². The Balaban J connectivity index is 1.38. The normalized spacial score (nSPS) is 17.8. The van der Waals surface area contributed by atoms with Gasteiger partial charge in [0.05, 0.1) is 0 Å². The van der Waals surface area contributed by atoms with Crippen molar-refractivity contribution < 1.29 is 19.2 Å². The number of aromatic nitrogens is 2. The fourth-order valence-corrected chi connectivity index (χ4v) is 4.86. The molecule has 1 fully saturated rings. The number of piperidine rings is 1. The Morgan fingerprint density at radius 3 is 2.74 bits per heavy atom. The predicted molar refractivity (Wildman–Crippen MR) is 130 cm³/mol. The van der Waals surface area contributed by atoms with Crippen LogP contribution in [0.5, 0.6) is 0 Å². The average Bonchev–Trinajstić information content (AvgIpc) is 3.36. The van der Waals surface area contributed by atoms with Crippen molar-refractivity contribution in [2.45, 2.75) is 58.5 Å². The summed E-state index contributed by atoms with van der Waals surface area (Å²) < 4.78 is 0. The van der Waals surface area contributed by atoms with E-state index in [-0.39, 0.29) is 30.7 Å². The van der Waals surface area contributed by atoms with Crippen LogP contribution in [0.1, 0.15) is 77.1 Å². The molecule has 4 heterocycles. The molecule has 1 unspecified atom stereocenters. The van der Waals surface area contributed by atoms with Crippen molar-refractivity contribution in [3.63, 3.8) is 0 Å². The molecule has 0 aliphatic carbocycles. The Kier molecular flexibility index (Phi) is 5.62. The van der Waals surface area contributed by atoms with Crippen molar-refractivity contribution in [3.05, 3.63) is 58.4 Å². The first-order valence-corrected chi connectivity index (χ1v) is 11.9. The van der Waals surface area contributed by atoms with Crippen molar-refractivity contribution in [2.75, 3.05) is 5.32 Å². The van der Waals surface area contributed by atoms with Crippen LogP contribution < -0.4 is 10.6 Å². The number of benzene rings is 1. The predicted octanol–water partition coefficient (Wildman–Crippen LogP) is 3.26. The quantitative estimate of drug-likeness (QED) is 0.491. The number of carbonyl (C=O) groups excluding carboxylic acids is 4. The van der Waals surface area contributed by atoms with Crippen LogP contribution in [0.2, 0.25) is 0 Å². The van der Waals surface area contributed by atoms with Crippen LogP contribution in [0.4, 0.5) is 5.69 Å². The molecule has 9 nitrogen and oxygen atoms in total. The lowest BCUT2D eigenvalue weighted by Crippen LogP contribution is -2.52. The molecule has 0 radical (unpaired) electrons. The van der Waals surface area contributed by atoms with Crippen LogP contribution in [0, 0.1) is 0 Å². The third kappa shape index (κ3) is 3.96. The monoisotopic (exact) mass is 473 g/mol. The van der Waals surface area contributed by atoms with Crippen LogP contribution >= 0.6 is 0 Å². The largest absolute Gasteiger partial charge is 0.335 e. The molecule has 2 aromatic heterocycles. The zero-order valence-electron chi connectivity index (χ0n) is 19.9. The molecule has 0 spiro atoms. The lowest BCUT2D eigenvalue weighted by Gasteiger charge is -2.29.